The number of aromatic nitrogens is 1. The summed E-state index contributed by atoms with van der Waals surface area (Å²) in [6.07, 6.45) is 0. The van der Waals surface area contributed by atoms with Crippen LogP contribution in [0.15, 0.2) is 217 Å². The summed E-state index contributed by atoms with van der Waals surface area (Å²) in [5.74, 6) is 0. The van der Waals surface area contributed by atoms with E-state index in [2.05, 4.69) is 205 Å². The Labute approximate surface area is 325 Å². The average molecular weight is 714 g/mol. The minimum absolute atomic E-state index is 0.918. The van der Waals surface area contributed by atoms with Crippen molar-refractivity contribution in [2.24, 2.45) is 0 Å². The molecule has 56 heavy (non-hydrogen) atoms. The second kappa shape index (κ2) is 13.2. The number of hydrogen-bond donors (Lipinski definition) is 0. The van der Waals surface area contributed by atoms with Gasteiger partial charge in [0.1, 0.15) is 11.2 Å². The third-order valence-corrected chi connectivity index (χ3v) is 11.3. The number of hydrogen-bond acceptors (Lipinski definition) is 1. The molecule has 0 aliphatic heterocycles. The fourth-order valence-electron chi connectivity index (χ4n) is 8.44. The molecule has 0 saturated carbocycles. The zero-order chi connectivity index (χ0) is 37.0. The van der Waals surface area contributed by atoms with Gasteiger partial charge in [-0.3, -0.25) is 0 Å². The maximum absolute atomic E-state index is 6.15. The summed E-state index contributed by atoms with van der Waals surface area (Å²) in [6, 6.07) is 76.4. The third kappa shape index (κ3) is 5.42. The molecule has 2 heteroatoms. The van der Waals surface area contributed by atoms with E-state index in [1.54, 1.807) is 0 Å². The van der Waals surface area contributed by atoms with Crippen molar-refractivity contribution >= 4 is 43.7 Å². The monoisotopic (exact) mass is 713 g/mol. The molecule has 2 nitrogen and oxygen atoms in total. The van der Waals surface area contributed by atoms with Gasteiger partial charge in [0.25, 0.3) is 0 Å². The van der Waals surface area contributed by atoms with E-state index < -0.39 is 0 Å². The molecule has 9 aromatic carbocycles. The van der Waals surface area contributed by atoms with Crippen LogP contribution < -0.4 is 0 Å². The van der Waals surface area contributed by atoms with E-state index in [0.29, 0.717) is 0 Å². The van der Waals surface area contributed by atoms with Crippen molar-refractivity contribution in [2.75, 3.05) is 0 Å². The Morgan fingerprint density at radius 3 is 1.27 bits per heavy atom. The van der Waals surface area contributed by atoms with Crippen LogP contribution in [0.4, 0.5) is 0 Å². The Morgan fingerprint density at radius 1 is 0.286 bits per heavy atom. The van der Waals surface area contributed by atoms with Crippen molar-refractivity contribution in [3.63, 3.8) is 0 Å². The smallest absolute Gasteiger partial charge is 0.136 e. The van der Waals surface area contributed by atoms with Gasteiger partial charge in [0, 0.05) is 27.2 Å². The second-order valence-corrected chi connectivity index (χ2v) is 14.5. The molecule has 0 atom stereocenters. The van der Waals surface area contributed by atoms with Crippen molar-refractivity contribution in [3.05, 3.63) is 212 Å². The fourth-order valence-corrected chi connectivity index (χ4v) is 8.44. The number of nitrogens with zero attached hydrogens (tertiary/aromatic N) is 1. The normalized spacial score (nSPS) is 11.6. The van der Waals surface area contributed by atoms with E-state index in [1.165, 1.54) is 82.8 Å². The maximum atomic E-state index is 6.15. The van der Waals surface area contributed by atoms with Crippen molar-refractivity contribution in [3.8, 4) is 61.3 Å². The minimum atomic E-state index is 0.918. The minimum Gasteiger partial charge on any atom is -0.456 e. The van der Waals surface area contributed by atoms with Gasteiger partial charge in [-0.2, -0.15) is 0 Å². The van der Waals surface area contributed by atoms with Crippen LogP contribution in [-0.2, 0) is 0 Å². The first kappa shape index (κ1) is 32.0. The quantitative estimate of drug-likeness (QED) is 0.168. The Bertz CT molecular complexity index is 3090. The average Bonchev–Trinajstić information content (AvgIpc) is 3.82. The first-order valence-corrected chi connectivity index (χ1v) is 19.2. The SMILES string of the molecule is c1ccc(-c2ccc3c(c2)c2cc(-c4ccccc4)ccc2n3-c2ccc(-c3ccc(-c4ccc(-c5cccc6oc7ccccc7c56)cc4)cc3)cc2)cc1. The van der Waals surface area contributed by atoms with E-state index in [-0.39, 0.29) is 0 Å². The predicted octanol–water partition coefficient (Wildman–Crippen LogP) is 15.0. The fraction of sp³-hybridized carbons (Fsp3) is 0. The Kier molecular flexibility index (Phi) is 7.53. The molecule has 0 bridgehead atoms. The molecule has 0 spiro atoms. The third-order valence-electron chi connectivity index (χ3n) is 11.3. The lowest BCUT2D eigenvalue weighted by atomic mass is 9.96. The molecule has 11 aromatic rings. The van der Waals surface area contributed by atoms with Gasteiger partial charge in [-0.25, -0.2) is 0 Å². The number of furan rings is 1. The van der Waals surface area contributed by atoms with Crippen LogP contribution in [0.2, 0.25) is 0 Å². The van der Waals surface area contributed by atoms with Crippen LogP contribution in [0.25, 0.3) is 105 Å². The van der Waals surface area contributed by atoms with Crippen LogP contribution in [0.5, 0.6) is 0 Å². The van der Waals surface area contributed by atoms with Gasteiger partial charge < -0.3 is 8.98 Å². The largest absolute Gasteiger partial charge is 0.456 e. The van der Waals surface area contributed by atoms with Gasteiger partial charge in [0.15, 0.2) is 0 Å². The van der Waals surface area contributed by atoms with Crippen LogP contribution in [0.1, 0.15) is 0 Å². The molecule has 0 aliphatic rings. The lowest BCUT2D eigenvalue weighted by Gasteiger charge is -2.11. The van der Waals surface area contributed by atoms with Crippen molar-refractivity contribution in [2.45, 2.75) is 0 Å². The summed E-state index contributed by atoms with van der Waals surface area (Å²) < 4.78 is 8.55. The first-order valence-electron chi connectivity index (χ1n) is 19.2. The zero-order valence-corrected chi connectivity index (χ0v) is 30.6. The van der Waals surface area contributed by atoms with Crippen molar-refractivity contribution < 1.29 is 4.42 Å². The lowest BCUT2D eigenvalue weighted by molar-refractivity contribution is 0.669. The molecule has 0 N–H and O–H groups in total. The van der Waals surface area contributed by atoms with Gasteiger partial charge in [0.05, 0.1) is 11.0 Å². The van der Waals surface area contributed by atoms with E-state index in [4.69, 9.17) is 4.42 Å². The molecular formula is C54H35NO. The summed E-state index contributed by atoms with van der Waals surface area (Å²) in [6.45, 7) is 0. The van der Waals surface area contributed by atoms with Gasteiger partial charge in [-0.15, -0.1) is 0 Å². The molecule has 11 rings (SSSR count). The van der Waals surface area contributed by atoms with E-state index in [1.807, 2.05) is 12.1 Å². The summed E-state index contributed by atoms with van der Waals surface area (Å²) in [5, 5.41) is 4.81. The maximum Gasteiger partial charge on any atom is 0.136 e. The molecule has 0 amide bonds. The molecule has 262 valence electrons. The van der Waals surface area contributed by atoms with Gasteiger partial charge in [-0.05, 0) is 104 Å². The number of fused-ring (bicyclic) bond motifs is 6. The molecule has 0 saturated heterocycles. The second-order valence-electron chi connectivity index (χ2n) is 14.5. The Balaban J connectivity index is 0.912. The lowest BCUT2D eigenvalue weighted by Crippen LogP contribution is -1.94. The molecule has 0 aliphatic carbocycles. The van der Waals surface area contributed by atoms with E-state index >= 15 is 0 Å². The van der Waals surface area contributed by atoms with Crippen molar-refractivity contribution in [1.82, 2.24) is 4.57 Å². The van der Waals surface area contributed by atoms with Crippen LogP contribution >= 0.6 is 0 Å². The molecule has 2 aromatic heterocycles. The number of benzene rings is 9. The Morgan fingerprint density at radius 2 is 0.714 bits per heavy atom. The topological polar surface area (TPSA) is 18.1 Å². The highest BCUT2D eigenvalue weighted by Gasteiger charge is 2.16. The summed E-state index contributed by atoms with van der Waals surface area (Å²) in [7, 11) is 0. The zero-order valence-electron chi connectivity index (χ0n) is 30.6. The number of rotatable bonds is 6. The highest BCUT2D eigenvalue weighted by Crippen LogP contribution is 2.39. The van der Waals surface area contributed by atoms with Crippen molar-refractivity contribution in [1.29, 1.82) is 0 Å². The van der Waals surface area contributed by atoms with Crippen LogP contribution in [-0.4, -0.2) is 4.57 Å². The van der Waals surface area contributed by atoms with Gasteiger partial charge in [-0.1, -0.05) is 164 Å². The van der Waals surface area contributed by atoms with Crippen LogP contribution in [0.3, 0.4) is 0 Å². The molecule has 0 radical (unpaired) electrons. The highest BCUT2D eigenvalue weighted by molar-refractivity contribution is 6.13. The predicted molar refractivity (Wildman–Crippen MR) is 235 cm³/mol. The van der Waals surface area contributed by atoms with Gasteiger partial charge in [0.2, 0.25) is 0 Å². The summed E-state index contributed by atoms with van der Waals surface area (Å²) in [5.41, 5.74) is 17.4. The molecule has 0 unspecified atom stereocenters. The van der Waals surface area contributed by atoms with Crippen LogP contribution in [0, 0.1) is 0 Å². The first-order chi connectivity index (χ1) is 27.7. The number of para-hydroxylation sites is 1. The summed E-state index contributed by atoms with van der Waals surface area (Å²) >= 11 is 0. The Hall–Kier alpha value is -7.42. The van der Waals surface area contributed by atoms with E-state index in [9.17, 15) is 0 Å². The summed E-state index contributed by atoms with van der Waals surface area (Å²) in [4.78, 5) is 0. The van der Waals surface area contributed by atoms with E-state index in [0.717, 1.165) is 22.2 Å². The molecular weight excluding hydrogens is 679 g/mol. The van der Waals surface area contributed by atoms with Gasteiger partial charge >= 0.3 is 0 Å². The molecule has 2 heterocycles. The highest BCUT2D eigenvalue weighted by atomic mass is 16.3. The standard InChI is InChI=1S/C54H35NO/c1-3-10-36(11-4-1)43-28-32-50-48(34-43)49-35-44(37-12-5-2-6-13-37)29-33-51(49)55(50)45-30-26-41(27-31-45)39-20-18-38(19-21-39)40-22-24-42(25-23-40)46-15-9-17-53-54(46)47-14-7-8-16-52(47)56-53/h1-35H. The molecule has 0 fully saturated rings.